The summed E-state index contributed by atoms with van der Waals surface area (Å²) in [7, 11) is 1.96. The Bertz CT molecular complexity index is 646. The molecule has 1 aromatic carbocycles. The molecule has 1 aromatic heterocycles. The van der Waals surface area contributed by atoms with Gasteiger partial charge in [0.1, 0.15) is 5.82 Å². The SMILES string of the molecule is CC[C@H](CO)Nc1nc(N(C)c2cccc(SC)c2)ncc1C. The van der Waals surface area contributed by atoms with Crippen molar-refractivity contribution >= 4 is 29.2 Å². The van der Waals surface area contributed by atoms with Crippen LogP contribution in [0.3, 0.4) is 0 Å². The van der Waals surface area contributed by atoms with Crippen LogP contribution >= 0.6 is 11.8 Å². The van der Waals surface area contributed by atoms with Crippen LogP contribution in [-0.2, 0) is 0 Å². The Morgan fingerprint density at radius 1 is 1.39 bits per heavy atom. The van der Waals surface area contributed by atoms with Gasteiger partial charge < -0.3 is 15.3 Å². The highest BCUT2D eigenvalue weighted by Crippen LogP contribution is 2.26. The number of rotatable bonds is 7. The summed E-state index contributed by atoms with van der Waals surface area (Å²) in [6.45, 7) is 4.08. The number of anilines is 3. The zero-order chi connectivity index (χ0) is 16.8. The van der Waals surface area contributed by atoms with E-state index in [4.69, 9.17) is 0 Å². The molecule has 2 rings (SSSR count). The quantitative estimate of drug-likeness (QED) is 0.757. The molecule has 6 heteroatoms. The summed E-state index contributed by atoms with van der Waals surface area (Å²) in [5.74, 6) is 1.40. The van der Waals surface area contributed by atoms with E-state index in [1.165, 1.54) is 4.90 Å². The first-order valence-corrected chi connectivity index (χ1v) is 8.90. The first-order valence-electron chi connectivity index (χ1n) is 7.67. The summed E-state index contributed by atoms with van der Waals surface area (Å²) in [5, 5.41) is 12.7. The number of thioether (sulfide) groups is 1. The van der Waals surface area contributed by atoms with Gasteiger partial charge in [-0.05, 0) is 37.8 Å². The molecule has 0 fully saturated rings. The van der Waals surface area contributed by atoms with E-state index < -0.39 is 0 Å². The Kier molecular flexibility index (Phi) is 6.24. The van der Waals surface area contributed by atoms with Crippen LogP contribution in [0.1, 0.15) is 18.9 Å². The molecule has 1 heterocycles. The molecule has 2 aromatic rings. The normalized spacial score (nSPS) is 12.0. The Labute approximate surface area is 142 Å². The van der Waals surface area contributed by atoms with Gasteiger partial charge in [-0.3, -0.25) is 0 Å². The standard InChI is InChI=1S/C17H24N4OS/c1-5-13(11-22)19-16-12(2)10-18-17(20-16)21(3)14-7-6-8-15(9-14)23-4/h6-10,13,22H,5,11H2,1-4H3,(H,18,19,20)/t13-/m1/s1. The Balaban J connectivity index is 2.28. The second-order valence-corrected chi connectivity index (χ2v) is 6.27. The lowest BCUT2D eigenvalue weighted by atomic mass is 10.2. The molecule has 0 aliphatic carbocycles. The number of hydrogen-bond donors (Lipinski definition) is 2. The Morgan fingerprint density at radius 3 is 2.83 bits per heavy atom. The molecule has 1 atom stereocenters. The van der Waals surface area contributed by atoms with Gasteiger partial charge in [-0.1, -0.05) is 13.0 Å². The molecule has 0 saturated carbocycles. The van der Waals surface area contributed by atoms with Gasteiger partial charge in [0.05, 0.1) is 12.6 Å². The van der Waals surface area contributed by atoms with E-state index in [1.54, 1.807) is 11.8 Å². The predicted octanol–water partition coefficient (Wildman–Crippen LogP) is 3.46. The van der Waals surface area contributed by atoms with Crippen molar-refractivity contribution in [3.05, 3.63) is 36.0 Å². The van der Waals surface area contributed by atoms with Gasteiger partial charge in [0.15, 0.2) is 0 Å². The number of aromatic nitrogens is 2. The third-order valence-corrected chi connectivity index (χ3v) is 4.48. The number of aliphatic hydroxyl groups is 1. The molecule has 23 heavy (non-hydrogen) atoms. The van der Waals surface area contributed by atoms with Crippen molar-refractivity contribution in [2.45, 2.75) is 31.2 Å². The molecule has 0 spiro atoms. The van der Waals surface area contributed by atoms with Crippen LogP contribution in [0.4, 0.5) is 17.5 Å². The number of benzene rings is 1. The summed E-state index contributed by atoms with van der Waals surface area (Å²) in [4.78, 5) is 12.2. The number of aliphatic hydroxyl groups excluding tert-OH is 1. The molecule has 0 saturated heterocycles. The lowest BCUT2D eigenvalue weighted by Crippen LogP contribution is -2.24. The van der Waals surface area contributed by atoms with Gasteiger partial charge in [-0.25, -0.2) is 4.98 Å². The molecule has 0 unspecified atom stereocenters. The fourth-order valence-corrected chi connectivity index (χ4v) is 2.60. The molecular formula is C17H24N4OS. The fourth-order valence-electron chi connectivity index (χ4n) is 2.15. The monoisotopic (exact) mass is 332 g/mol. The molecular weight excluding hydrogens is 308 g/mol. The first kappa shape index (κ1) is 17.6. The summed E-state index contributed by atoms with van der Waals surface area (Å²) < 4.78 is 0. The minimum atomic E-state index is 0.00146. The molecule has 0 aliphatic heterocycles. The van der Waals surface area contributed by atoms with Crippen LogP contribution in [0.25, 0.3) is 0 Å². The highest BCUT2D eigenvalue weighted by atomic mass is 32.2. The minimum Gasteiger partial charge on any atom is -0.394 e. The predicted molar refractivity (Wildman–Crippen MR) is 97.8 cm³/mol. The number of hydrogen-bond acceptors (Lipinski definition) is 6. The second kappa shape index (κ2) is 8.17. The van der Waals surface area contributed by atoms with Crippen molar-refractivity contribution in [1.82, 2.24) is 9.97 Å². The number of nitrogens with zero attached hydrogens (tertiary/aromatic N) is 3. The van der Waals surface area contributed by atoms with E-state index in [0.29, 0.717) is 5.95 Å². The van der Waals surface area contributed by atoms with E-state index in [1.807, 2.05) is 44.1 Å². The molecule has 124 valence electrons. The lowest BCUT2D eigenvalue weighted by molar-refractivity contribution is 0.271. The van der Waals surface area contributed by atoms with E-state index in [-0.39, 0.29) is 12.6 Å². The zero-order valence-electron chi connectivity index (χ0n) is 14.1. The maximum Gasteiger partial charge on any atom is 0.231 e. The number of nitrogens with one attached hydrogen (secondary N) is 1. The third kappa shape index (κ3) is 4.36. The van der Waals surface area contributed by atoms with Gasteiger partial charge in [-0.2, -0.15) is 4.98 Å². The molecule has 0 amide bonds. The van der Waals surface area contributed by atoms with Gasteiger partial charge >= 0.3 is 0 Å². The van der Waals surface area contributed by atoms with Crippen LogP contribution in [0.2, 0.25) is 0 Å². The van der Waals surface area contributed by atoms with Crippen molar-refractivity contribution < 1.29 is 5.11 Å². The van der Waals surface area contributed by atoms with E-state index in [2.05, 4.69) is 33.7 Å². The van der Waals surface area contributed by atoms with Crippen molar-refractivity contribution in [2.75, 3.05) is 30.1 Å². The highest BCUT2D eigenvalue weighted by molar-refractivity contribution is 7.98. The third-order valence-electron chi connectivity index (χ3n) is 3.75. The number of aryl methyl sites for hydroxylation is 1. The van der Waals surface area contributed by atoms with Crippen molar-refractivity contribution in [2.24, 2.45) is 0 Å². The summed E-state index contributed by atoms with van der Waals surface area (Å²) in [6, 6.07) is 8.27. The highest BCUT2D eigenvalue weighted by Gasteiger charge is 2.12. The zero-order valence-corrected chi connectivity index (χ0v) is 14.9. The smallest absolute Gasteiger partial charge is 0.231 e. The van der Waals surface area contributed by atoms with Crippen LogP contribution in [0.5, 0.6) is 0 Å². The second-order valence-electron chi connectivity index (χ2n) is 5.39. The first-order chi connectivity index (χ1) is 11.1. The fraction of sp³-hybridized carbons (Fsp3) is 0.412. The maximum absolute atomic E-state index is 9.37. The van der Waals surface area contributed by atoms with Crippen LogP contribution in [0.15, 0.2) is 35.4 Å². The van der Waals surface area contributed by atoms with Gasteiger partial charge in [0, 0.05) is 29.4 Å². The van der Waals surface area contributed by atoms with E-state index in [9.17, 15) is 5.11 Å². The molecule has 0 aliphatic rings. The topological polar surface area (TPSA) is 61.3 Å². The van der Waals surface area contributed by atoms with Crippen molar-refractivity contribution in [1.29, 1.82) is 0 Å². The van der Waals surface area contributed by atoms with Gasteiger partial charge in [0.2, 0.25) is 5.95 Å². The molecule has 0 bridgehead atoms. The summed E-state index contributed by atoms with van der Waals surface area (Å²) in [6.07, 6.45) is 4.70. The van der Waals surface area contributed by atoms with Crippen LogP contribution < -0.4 is 10.2 Å². The Morgan fingerprint density at radius 2 is 2.17 bits per heavy atom. The molecule has 2 N–H and O–H groups in total. The lowest BCUT2D eigenvalue weighted by Gasteiger charge is -2.21. The van der Waals surface area contributed by atoms with Crippen molar-refractivity contribution in [3.8, 4) is 0 Å². The summed E-state index contributed by atoms with van der Waals surface area (Å²) >= 11 is 1.71. The van der Waals surface area contributed by atoms with E-state index in [0.717, 1.165) is 23.5 Å². The molecule has 0 radical (unpaired) electrons. The largest absolute Gasteiger partial charge is 0.394 e. The van der Waals surface area contributed by atoms with Crippen LogP contribution in [0, 0.1) is 6.92 Å². The van der Waals surface area contributed by atoms with Gasteiger partial charge in [0.25, 0.3) is 0 Å². The average Bonchev–Trinajstić information content (AvgIpc) is 2.60. The minimum absolute atomic E-state index is 0.00146. The van der Waals surface area contributed by atoms with E-state index >= 15 is 0 Å². The van der Waals surface area contributed by atoms with Gasteiger partial charge in [-0.15, -0.1) is 11.8 Å². The molecule has 5 nitrogen and oxygen atoms in total. The van der Waals surface area contributed by atoms with Crippen molar-refractivity contribution in [3.63, 3.8) is 0 Å². The summed E-state index contributed by atoms with van der Waals surface area (Å²) in [5.41, 5.74) is 2.01. The Hall–Kier alpha value is -1.79. The van der Waals surface area contributed by atoms with Crippen LogP contribution in [-0.4, -0.2) is 41.0 Å². The maximum atomic E-state index is 9.37. The average molecular weight is 332 g/mol.